The lowest BCUT2D eigenvalue weighted by Crippen LogP contribution is -2.50. The summed E-state index contributed by atoms with van der Waals surface area (Å²) in [4.78, 5) is 30.9. The number of carbonyl (C=O) groups excluding carboxylic acids is 1. The first kappa shape index (κ1) is 29.4. The molecule has 3 heterocycles. The minimum Gasteiger partial charge on any atom is -0.366 e. The molecule has 3 aromatic carbocycles. The SMILES string of the molecule is O=C(CSc1nc(Cl)cc(N2CCN(c3ccccc3F)CC2)n1)N1CCN(C(c2ccccc2)c2ccccc2)CC1. The van der Waals surface area contributed by atoms with Crippen LogP contribution < -0.4 is 9.80 Å². The highest BCUT2D eigenvalue weighted by atomic mass is 35.5. The number of halogens is 2. The maximum Gasteiger partial charge on any atom is 0.233 e. The normalized spacial score (nSPS) is 16.1. The summed E-state index contributed by atoms with van der Waals surface area (Å²) in [5.41, 5.74) is 3.13. The van der Waals surface area contributed by atoms with E-state index in [-0.39, 0.29) is 23.5 Å². The van der Waals surface area contributed by atoms with Crippen molar-refractivity contribution in [2.75, 3.05) is 67.9 Å². The van der Waals surface area contributed by atoms with E-state index in [9.17, 15) is 9.18 Å². The maximum absolute atomic E-state index is 14.3. The molecule has 0 spiro atoms. The molecular formula is C33H34ClFN6OS. The Morgan fingerprint density at radius 1 is 0.767 bits per heavy atom. The van der Waals surface area contributed by atoms with E-state index in [2.05, 4.69) is 63.3 Å². The zero-order valence-corrected chi connectivity index (χ0v) is 25.4. The highest BCUT2D eigenvalue weighted by Gasteiger charge is 2.28. The molecule has 0 aliphatic carbocycles. The van der Waals surface area contributed by atoms with Crippen molar-refractivity contribution in [1.82, 2.24) is 19.8 Å². The largest absolute Gasteiger partial charge is 0.366 e. The summed E-state index contributed by atoms with van der Waals surface area (Å²) < 4.78 is 14.3. The Balaban J connectivity index is 1.04. The Morgan fingerprint density at radius 2 is 1.35 bits per heavy atom. The Bertz CT molecular complexity index is 1480. The number of carbonyl (C=O) groups is 1. The lowest BCUT2D eigenvalue weighted by molar-refractivity contribution is -0.130. The maximum atomic E-state index is 14.3. The zero-order chi connectivity index (χ0) is 29.6. The van der Waals surface area contributed by atoms with Crippen molar-refractivity contribution in [3.8, 4) is 0 Å². The molecule has 43 heavy (non-hydrogen) atoms. The molecule has 0 unspecified atom stereocenters. The van der Waals surface area contributed by atoms with Gasteiger partial charge < -0.3 is 14.7 Å². The van der Waals surface area contributed by atoms with Gasteiger partial charge in [0.1, 0.15) is 16.8 Å². The first-order chi connectivity index (χ1) is 21.0. The van der Waals surface area contributed by atoms with E-state index in [0.29, 0.717) is 55.3 Å². The van der Waals surface area contributed by atoms with Crippen LogP contribution in [0.2, 0.25) is 5.15 Å². The number of thioether (sulfide) groups is 1. The molecular weight excluding hydrogens is 583 g/mol. The third-order valence-corrected chi connectivity index (χ3v) is 9.07. The van der Waals surface area contributed by atoms with Crippen molar-refractivity contribution in [3.05, 3.63) is 113 Å². The first-order valence-corrected chi connectivity index (χ1v) is 15.9. The van der Waals surface area contributed by atoms with Gasteiger partial charge in [0.05, 0.1) is 17.5 Å². The van der Waals surface area contributed by atoms with Crippen molar-refractivity contribution >= 4 is 40.8 Å². The lowest BCUT2D eigenvalue weighted by Gasteiger charge is -2.39. The van der Waals surface area contributed by atoms with Gasteiger partial charge in [-0.05, 0) is 23.3 Å². The van der Waals surface area contributed by atoms with Crippen molar-refractivity contribution in [1.29, 1.82) is 0 Å². The molecule has 7 nitrogen and oxygen atoms in total. The van der Waals surface area contributed by atoms with Crippen LogP contribution in [0.25, 0.3) is 0 Å². The van der Waals surface area contributed by atoms with Crippen molar-refractivity contribution in [2.24, 2.45) is 0 Å². The molecule has 0 saturated carbocycles. The number of benzene rings is 3. The highest BCUT2D eigenvalue weighted by Crippen LogP contribution is 2.30. The molecule has 2 aliphatic heterocycles. The van der Waals surface area contributed by atoms with Crippen LogP contribution in [0.5, 0.6) is 0 Å². The van der Waals surface area contributed by atoms with Crippen molar-refractivity contribution < 1.29 is 9.18 Å². The monoisotopic (exact) mass is 616 g/mol. The molecule has 4 aromatic rings. The number of piperazine rings is 2. The second kappa shape index (κ2) is 13.8. The summed E-state index contributed by atoms with van der Waals surface area (Å²) in [6, 6.07) is 29.9. The number of para-hydroxylation sites is 1. The Morgan fingerprint density at radius 3 is 1.98 bits per heavy atom. The summed E-state index contributed by atoms with van der Waals surface area (Å²) >= 11 is 7.69. The van der Waals surface area contributed by atoms with Crippen LogP contribution in [0.15, 0.2) is 96.2 Å². The predicted molar refractivity (Wildman–Crippen MR) is 171 cm³/mol. The standard InChI is InChI=1S/C33H34ClFN6OS/c34-29-23-30(39-17-15-38(16-18-39)28-14-8-7-13-27(28)35)37-33(36-29)43-24-31(42)40-19-21-41(22-20-40)32(25-9-3-1-4-10-25)26-11-5-2-6-12-26/h1-14,23,32H,15-22,24H2. The molecule has 0 radical (unpaired) electrons. The van der Waals surface area contributed by atoms with E-state index >= 15 is 0 Å². The Labute approximate surface area is 261 Å². The van der Waals surface area contributed by atoms with Crippen molar-refractivity contribution in [2.45, 2.75) is 11.2 Å². The summed E-state index contributed by atoms with van der Waals surface area (Å²) in [7, 11) is 0. The molecule has 0 atom stereocenters. The highest BCUT2D eigenvalue weighted by molar-refractivity contribution is 7.99. The zero-order valence-electron chi connectivity index (χ0n) is 23.9. The van der Waals surface area contributed by atoms with Crippen LogP contribution in [0.1, 0.15) is 17.2 Å². The number of hydrogen-bond acceptors (Lipinski definition) is 7. The van der Waals surface area contributed by atoms with Crippen LogP contribution >= 0.6 is 23.4 Å². The molecule has 0 bridgehead atoms. The summed E-state index contributed by atoms with van der Waals surface area (Å²) in [5, 5.41) is 0.831. The molecule has 2 saturated heterocycles. The van der Waals surface area contributed by atoms with Gasteiger partial charge in [0, 0.05) is 58.4 Å². The molecule has 2 fully saturated rings. The third-order valence-electron chi connectivity index (χ3n) is 8.05. The summed E-state index contributed by atoms with van der Waals surface area (Å²) in [6.45, 7) is 5.63. The minimum absolute atomic E-state index is 0.0734. The third kappa shape index (κ3) is 7.12. The lowest BCUT2D eigenvalue weighted by atomic mass is 9.96. The second-order valence-electron chi connectivity index (χ2n) is 10.7. The van der Waals surface area contributed by atoms with Gasteiger partial charge in [0.25, 0.3) is 0 Å². The number of aromatic nitrogens is 2. The number of rotatable bonds is 8. The quantitative estimate of drug-likeness (QED) is 0.145. The Kier molecular flexibility index (Phi) is 9.41. The van der Waals surface area contributed by atoms with Gasteiger partial charge in [-0.25, -0.2) is 14.4 Å². The topological polar surface area (TPSA) is 55.8 Å². The summed E-state index contributed by atoms with van der Waals surface area (Å²) in [6.07, 6.45) is 0. The van der Waals surface area contributed by atoms with E-state index in [1.807, 2.05) is 34.1 Å². The van der Waals surface area contributed by atoms with Crippen LogP contribution in [0, 0.1) is 5.82 Å². The molecule has 0 N–H and O–H groups in total. The van der Waals surface area contributed by atoms with Gasteiger partial charge in [0.2, 0.25) is 5.91 Å². The van der Waals surface area contributed by atoms with Crippen LogP contribution in [0.3, 0.4) is 0 Å². The van der Waals surface area contributed by atoms with Crippen molar-refractivity contribution in [3.63, 3.8) is 0 Å². The average molecular weight is 617 g/mol. The fourth-order valence-corrected chi connectivity index (χ4v) is 6.81. The van der Waals surface area contributed by atoms with Crippen LogP contribution in [-0.4, -0.2) is 83.8 Å². The number of amides is 1. The number of anilines is 2. The Hall–Kier alpha value is -3.66. The second-order valence-corrected chi connectivity index (χ2v) is 12.0. The minimum atomic E-state index is -0.210. The molecule has 2 aliphatic rings. The summed E-state index contributed by atoms with van der Waals surface area (Å²) in [5.74, 6) is 0.841. The van der Waals surface area contributed by atoms with E-state index in [1.165, 1.54) is 29.0 Å². The van der Waals surface area contributed by atoms with Gasteiger partial charge >= 0.3 is 0 Å². The fraction of sp³-hybridized carbons (Fsp3) is 0.303. The molecule has 1 aromatic heterocycles. The van der Waals surface area contributed by atoms with Gasteiger partial charge in [-0.3, -0.25) is 9.69 Å². The van der Waals surface area contributed by atoms with E-state index in [4.69, 9.17) is 16.6 Å². The smallest absolute Gasteiger partial charge is 0.233 e. The predicted octanol–water partition coefficient (Wildman–Crippen LogP) is 5.62. The van der Waals surface area contributed by atoms with Crippen LogP contribution in [-0.2, 0) is 4.79 Å². The molecule has 6 rings (SSSR count). The number of hydrogen-bond donors (Lipinski definition) is 0. The van der Waals surface area contributed by atoms with Gasteiger partial charge in [-0.2, -0.15) is 0 Å². The van der Waals surface area contributed by atoms with E-state index in [0.717, 1.165) is 18.9 Å². The van der Waals surface area contributed by atoms with Crippen LogP contribution in [0.4, 0.5) is 15.9 Å². The molecule has 222 valence electrons. The first-order valence-electron chi connectivity index (χ1n) is 14.6. The molecule has 10 heteroatoms. The van der Waals surface area contributed by atoms with Gasteiger partial charge in [-0.15, -0.1) is 0 Å². The molecule has 1 amide bonds. The van der Waals surface area contributed by atoms with Gasteiger partial charge in [-0.1, -0.05) is 96.2 Å². The van der Waals surface area contributed by atoms with Gasteiger partial charge in [0.15, 0.2) is 5.16 Å². The number of nitrogens with zero attached hydrogens (tertiary/aromatic N) is 6. The average Bonchev–Trinajstić information content (AvgIpc) is 3.05. The van der Waals surface area contributed by atoms with E-state index < -0.39 is 0 Å². The van der Waals surface area contributed by atoms with E-state index in [1.54, 1.807) is 12.1 Å². The fourth-order valence-electron chi connectivity index (χ4n) is 5.83.